The average molecular weight is 417 g/mol. The van der Waals surface area contributed by atoms with E-state index in [2.05, 4.69) is 5.32 Å². The number of piperidine rings is 1. The molecule has 3 rings (SSSR count). The quantitative estimate of drug-likeness (QED) is 0.672. The highest BCUT2D eigenvalue weighted by atomic mass is 32.2. The van der Waals surface area contributed by atoms with E-state index in [0.717, 1.165) is 16.9 Å². The molecule has 1 heterocycles. The molecule has 0 aromatic heterocycles. The first kappa shape index (κ1) is 21.3. The topological polar surface area (TPSA) is 75.7 Å². The van der Waals surface area contributed by atoms with E-state index in [4.69, 9.17) is 4.74 Å². The van der Waals surface area contributed by atoms with Gasteiger partial charge in [-0.05, 0) is 37.5 Å². The van der Waals surface area contributed by atoms with Gasteiger partial charge in [0.25, 0.3) is 0 Å². The molecule has 0 radical (unpaired) electrons. The van der Waals surface area contributed by atoms with Crippen molar-refractivity contribution >= 4 is 15.9 Å². The Balaban J connectivity index is 1.40. The smallest absolute Gasteiger partial charge is 0.223 e. The van der Waals surface area contributed by atoms with Gasteiger partial charge in [-0.15, -0.1) is 0 Å². The Bertz CT molecular complexity index is 890. The van der Waals surface area contributed by atoms with Crippen molar-refractivity contribution in [3.8, 4) is 5.75 Å². The number of para-hydroxylation sites is 1. The molecule has 6 nitrogen and oxygen atoms in total. The number of nitrogens with one attached hydrogen (secondary N) is 1. The first-order chi connectivity index (χ1) is 13.9. The lowest BCUT2D eigenvalue weighted by Crippen LogP contribution is -2.43. The van der Waals surface area contributed by atoms with Gasteiger partial charge in [-0.3, -0.25) is 4.79 Å². The molecule has 1 aliphatic rings. The van der Waals surface area contributed by atoms with Crippen molar-refractivity contribution in [1.82, 2.24) is 9.62 Å². The molecular weight excluding hydrogens is 388 g/mol. The summed E-state index contributed by atoms with van der Waals surface area (Å²) in [5.41, 5.74) is 1.89. The zero-order chi connectivity index (χ0) is 20.7. The molecule has 156 valence electrons. The summed E-state index contributed by atoms with van der Waals surface area (Å²) in [5, 5.41) is 2.89. The number of hydrogen-bond donors (Lipinski definition) is 1. The molecule has 0 spiro atoms. The molecule has 7 heteroatoms. The van der Waals surface area contributed by atoms with Crippen molar-refractivity contribution in [2.45, 2.75) is 25.5 Å². The van der Waals surface area contributed by atoms with Crippen LogP contribution in [0, 0.1) is 12.8 Å². The van der Waals surface area contributed by atoms with Crippen molar-refractivity contribution < 1.29 is 17.9 Å². The number of benzene rings is 2. The van der Waals surface area contributed by atoms with Crippen LogP contribution in [-0.2, 0) is 20.6 Å². The number of carbonyl (C=O) groups excluding carboxylic acids is 1. The van der Waals surface area contributed by atoms with E-state index in [0.29, 0.717) is 39.1 Å². The van der Waals surface area contributed by atoms with Gasteiger partial charge in [0.15, 0.2) is 0 Å². The minimum atomic E-state index is -3.37. The fourth-order valence-electron chi connectivity index (χ4n) is 3.39. The summed E-state index contributed by atoms with van der Waals surface area (Å²) in [6.45, 7) is 3.57. The third-order valence-electron chi connectivity index (χ3n) is 5.10. The third kappa shape index (κ3) is 6.30. The SMILES string of the molecule is Cc1ccc(CS(=O)(=O)N2CCC(C(=O)NCCOc3ccccc3)CC2)cc1. The van der Waals surface area contributed by atoms with E-state index in [-0.39, 0.29) is 17.6 Å². The van der Waals surface area contributed by atoms with Crippen LogP contribution < -0.4 is 10.1 Å². The maximum Gasteiger partial charge on any atom is 0.223 e. The second-order valence-corrected chi connectivity index (χ2v) is 9.34. The van der Waals surface area contributed by atoms with E-state index >= 15 is 0 Å². The summed E-state index contributed by atoms with van der Waals surface area (Å²) in [6, 6.07) is 17.0. The van der Waals surface area contributed by atoms with Crippen LogP contribution >= 0.6 is 0 Å². The van der Waals surface area contributed by atoms with E-state index < -0.39 is 10.0 Å². The normalized spacial score (nSPS) is 15.8. The number of sulfonamides is 1. The number of carbonyl (C=O) groups is 1. The highest BCUT2D eigenvalue weighted by molar-refractivity contribution is 7.88. The second kappa shape index (κ2) is 9.89. The first-order valence-electron chi connectivity index (χ1n) is 9.93. The van der Waals surface area contributed by atoms with Crippen molar-refractivity contribution in [2.24, 2.45) is 5.92 Å². The summed E-state index contributed by atoms with van der Waals surface area (Å²) < 4.78 is 32.4. The lowest BCUT2D eigenvalue weighted by atomic mass is 9.97. The Morgan fingerprint density at radius 2 is 1.72 bits per heavy atom. The first-order valence-corrected chi connectivity index (χ1v) is 11.5. The number of amides is 1. The Labute approximate surface area is 172 Å². The molecule has 0 atom stereocenters. The van der Waals surface area contributed by atoms with Crippen molar-refractivity contribution in [1.29, 1.82) is 0 Å². The molecule has 1 amide bonds. The summed E-state index contributed by atoms with van der Waals surface area (Å²) in [4.78, 5) is 12.4. The van der Waals surface area contributed by atoms with Crippen LogP contribution in [0.15, 0.2) is 54.6 Å². The zero-order valence-corrected chi connectivity index (χ0v) is 17.5. The monoisotopic (exact) mass is 416 g/mol. The van der Waals surface area contributed by atoms with Crippen molar-refractivity contribution in [3.05, 3.63) is 65.7 Å². The van der Waals surface area contributed by atoms with Gasteiger partial charge in [0.05, 0.1) is 12.3 Å². The highest BCUT2D eigenvalue weighted by Gasteiger charge is 2.31. The zero-order valence-electron chi connectivity index (χ0n) is 16.7. The Kier molecular flexibility index (Phi) is 7.28. The Morgan fingerprint density at radius 1 is 1.07 bits per heavy atom. The molecule has 1 fully saturated rings. The summed E-state index contributed by atoms with van der Waals surface area (Å²) in [5.74, 6) is 0.588. The molecule has 0 bridgehead atoms. The molecule has 1 N–H and O–H groups in total. The minimum absolute atomic E-state index is 0.000960. The number of rotatable bonds is 8. The fourth-order valence-corrected chi connectivity index (χ4v) is 4.95. The molecule has 1 aliphatic heterocycles. The lowest BCUT2D eigenvalue weighted by molar-refractivity contribution is -0.126. The number of aryl methyl sites for hydroxylation is 1. The van der Waals surface area contributed by atoms with Gasteiger partial charge in [0.2, 0.25) is 15.9 Å². The van der Waals surface area contributed by atoms with Gasteiger partial charge >= 0.3 is 0 Å². The van der Waals surface area contributed by atoms with Crippen LogP contribution in [0.4, 0.5) is 0 Å². The van der Waals surface area contributed by atoms with Gasteiger partial charge in [0.1, 0.15) is 12.4 Å². The van der Waals surface area contributed by atoms with E-state index in [1.165, 1.54) is 4.31 Å². The van der Waals surface area contributed by atoms with Crippen LogP contribution in [0.1, 0.15) is 24.0 Å². The van der Waals surface area contributed by atoms with Gasteiger partial charge in [0, 0.05) is 19.0 Å². The fraction of sp³-hybridized carbons (Fsp3) is 0.409. The van der Waals surface area contributed by atoms with Crippen LogP contribution in [0.2, 0.25) is 0 Å². The van der Waals surface area contributed by atoms with Gasteiger partial charge in [-0.25, -0.2) is 12.7 Å². The predicted molar refractivity (Wildman–Crippen MR) is 113 cm³/mol. The lowest BCUT2D eigenvalue weighted by Gasteiger charge is -2.30. The van der Waals surface area contributed by atoms with Gasteiger partial charge < -0.3 is 10.1 Å². The van der Waals surface area contributed by atoms with Crippen molar-refractivity contribution in [3.63, 3.8) is 0 Å². The van der Waals surface area contributed by atoms with Crippen LogP contribution in [0.5, 0.6) is 5.75 Å². The maximum absolute atomic E-state index is 12.7. The summed E-state index contributed by atoms with van der Waals surface area (Å²) >= 11 is 0. The minimum Gasteiger partial charge on any atom is -0.492 e. The Hall–Kier alpha value is -2.38. The third-order valence-corrected chi connectivity index (χ3v) is 6.95. The van der Waals surface area contributed by atoms with E-state index in [1.54, 1.807) is 0 Å². The van der Waals surface area contributed by atoms with Crippen LogP contribution in [-0.4, -0.2) is 44.9 Å². The molecule has 0 aliphatic carbocycles. The summed E-state index contributed by atoms with van der Waals surface area (Å²) in [6.07, 6.45) is 1.08. The Morgan fingerprint density at radius 3 is 2.38 bits per heavy atom. The molecule has 0 saturated carbocycles. The molecule has 2 aromatic carbocycles. The highest BCUT2D eigenvalue weighted by Crippen LogP contribution is 2.22. The predicted octanol–water partition coefficient (Wildman–Crippen LogP) is 2.73. The molecular formula is C22H28N2O4S. The molecule has 1 saturated heterocycles. The largest absolute Gasteiger partial charge is 0.492 e. The van der Waals surface area contributed by atoms with Crippen LogP contribution in [0.3, 0.4) is 0 Å². The maximum atomic E-state index is 12.7. The van der Waals surface area contributed by atoms with Gasteiger partial charge in [-0.2, -0.15) is 0 Å². The molecule has 2 aromatic rings. The molecule has 29 heavy (non-hydrogen) atoms. The van der Waals surface area contributed by atoms with Crippen molar-refractivity contribution in [2.75, 3.05) is 26.2 Å². The van der Waals surface area contributed by atoms with Gasteiger partial charge in [-0.1, -0.05) is 48.0 Å². The number of hydrogen-bond acceptors (Lipinski definition) is 4. The van der Waals surface area contributed by atoms with E-state index in [1.807, 2.05) is 61.5 Å². The van der Waals surface area contributed by atoms with E-state index in [9.17, 15) is 13.2 Å². The summed E-state index contributed by atoms with van der Waals surface area (Å²) in [7, 11) is -3.37. The number of nitrogens with zero attached hydrogens (tertiary/aromatic N) is 1. The standard InChI is InChI=1S/C22H28N2O4S/c1-18-7-9-19(10-8-18)17-29(26,27)24-14-11-20(12-15-24)22(25)23-13-16-28-21-5-3-2-4-6-21/h2-10,20H,11-17H2,1H3,(H,23,25). The molecule has 0 unspecified atom stereocenters. The van der Waals surface area contributed by atoms with Crippen LogP contribution in [0.25, 0.3) is 0 Å². The number of ether oxygens (including phenoxy) is 1. The second-order valence-electron chi connectivity index (χ2n) is 7.37. The average Bonchev–Trinajstić information content (AvgIpc) is 2.73.